The third-order valence-electron chi connectivity index (χ3n) is 3.50. The number of aliphatic carboxylic acids is 1. The van der Waals surface area contributed by atoms with Crippen LogP contribution in [0.15, 0.2) is 40.8 Å². The smallest absolute Gasteiger partial charge is 0.303 e. The number of hydrogen-bond donors (Lipinski definition) is 2. The minimum atomic E-state index is -0.916. The van der Waals surface area contributed by atoms with Crippen molar-refractivity contribution < 1.29 is 28.2 Å². The molecule has 0 aliphatic carbocycles. The normalized spacial score (nSPS) is 11.2. The molecule has 1 aromatic heterocycles. The van der Waals surface area contributed by atoms with E-state index in [2.05, 4.69) is 5.32 Å². The Kier molecular flexibility index (Phi) is 5.80. The number of rotatable bonds is 8. The van der Waals surface area contributed by atoms with Gasteiger partial charge >= 0.3 is 5.97 Å². The number of nitrogens with one attached hydrogen (secondary N) is 1. The number of benzene rings is 1. The van der Waals surface area contributed by atoms with Crippen molar-refractivity contribution in [2.45, 2.75) is 38.8 Å². The highest BCUT2D eigenvalue weighted by Crippen LogP contribution is 2.17. The lowest BCUT2D eigenvalue weighted by molar-refractivity contribution is -0.137. The van der Waals surface area contributed by atoms with E-state index in [0.29, 0.717) is 17.9 Å². The first-order valence-corrected chi connectivity index (χ1v) is 7.76. The number of carboxylic acids is 1. The zero-order chi connectivity index (χ0) is 18.4. The second kappa shape index (κ2) is 7.83. The van der Waals surface area contributed by atoms with E-state index < -0.39 is 17.4 Å². The Bertz CT molecular complexity index is 736. The highest BCUT2D eigenvalue weighted by atomic mass is 19.1. The van der Waals surface area contributed by atoms with E-state index in [1.807, 2.05) is 0 Å². The summed E-state index contributed by atoms with van der Waals surface area (Å²) in [6, 6.07) is 8.70. The summed E-state index contributed by atoms with van der Waals surface area (Å²) in [5, 5.41) is 11.5. The zero-order valence-corrected chi connectivity index (χ0v) is 14.0. The molecule has 2 aromatic rings. The van der Waals surface area contributed by atoms with Crippen molar-refractivity contribution in [3.8, 4) is 5.75 Å². The van der Waals surface area contributed by atoms with Gasteiger partial charge in [-0.3, -0.25) is 9.59 Å². The van der Waals surface area contributed by atoms with Gasteiger partial charge in [0.25, 0.3) is 5.91 Å². The number of furan rings is 1. The number of halogens is 1. The third kappa shape index (κ3) is 5.95. The van der Waals surface area contributed by atoms with Gasteiger partial charge in [0.2, 0.25) is 0 Å². The van der Waals surface area contributed by atoms with Gasteiger partial charge in [0.15, 0.2) is 5.76 Å². The molecule has 25 heavy (non-hydrogen) atoms. The maximum atomic E-state index is 12.8. The molecule has 7 heteroatoms. The summed E-state index contributed by atoms with van der Waals surface area (Å²) < 4.78 is 23.7. The zero-order valence-electron chi connectivity index (χ0n) is 14.0. The van der Waals surface area contributed by atoms with Gasteiger partial charge in [0, 0.05) is 12.0 Å². The van der Waals surface area contributed by atoms with Gasteiger partial charge in [-0.25, -0.2) is 4.39 Å². The van der Waals surface area contributed by atoms with Gasteiger partial charge < -0.3 is 19.6 Å². The largest absolute Gasteiger partial charge is 0.486 e. The molecule has 1 amide bonds. The molecule has 0 saturated carbocycles. The van der Waals surface area contributed by atoms with Crippen molar-refractivity contribution in [3.63, 3.8) is 0 Å². The van der Waals surface area contributed by atoms with Crippen LogP contribution in [0.3, 0.4) is 0 Å². The molecule has 0 saturated heterocycles. The van der Waals surface area contributed by atoms with Crippen LogP contribution in [0.2, 0.25) is 0 Å². The Hall–Kier alpha value is -2.83. The first-order chi connectivity index (χ1) is 11.7. The van der Waals surface area contributed by atoms with E-state index in [0.717, 1.165) is 0 Å². The van der Waals surface area contributed by atoms with E-state index in [1.165, 1.54) is 30.3 Å². The van der Waals surface area contributed by atoms with Gasteiger partial charge in [0.05, 0.1) is 0 Å². The van der Waals surface area contributed by atoms with Crippen LogP contribution in [0.4, 0.5) is 4.39 Å². The summed E-state index contributed by atoms with van der Waals surface area (Å²) in [4.78, 5) is 22.8. The van der Waals surface area contributed by atoms with E-state index in [-0.39, 0.29) is 24.6 Å². The predicted octanol–water partition coefficient (Wildman–Crippen LogP) is 3.37. The molecule has 0 radical (unpaired) electrons. The lowest BCUT2D eigenvalue weighted by Gasteiger charge is -2.24. The molecule has 0 unspecified atom stereocenters. The highest BCUT2D eigenvalue weighted by Gasteiger charge is 2.23. The number of amides is 1. The van der Waals surface area contributed by atoms with Gasteiger partial charge in [-0.15, -0.1) is 0 Å². The minimum absolute atomic E-state index is 0.0395. The monoisotopic (exact) mass is 349 g/mol. The van der Waals surface area contributed by atoms with Crippen LogP contribution >= 0.6 is 0 Å². The molecule has 2 N–H and O–H groups in total. The van der Waals surface area contributed by atoms with Crippen molar-refractivity contribution in [2.24, 2.45) is 0 Å². The van der Waals surface area contributed by atoms with E-state index in [4.69, 9.17) is 14.3 Å². The first kappa shape index (κ1) is 18.5. The number of carbonyl (C=O) groups excluding carboxylic acids is 1. The minimum Gasteiger partial charge on any atom is -0.486 e. The van der Waals surface area contributed by atoms with Crippen molar-refractivity contribution in [2.75, 3.05) is 0 Å². The molecule has 0 bridgehead atoms. The van der Waals surface area contributed by atoms with Gasteiger partial charge in [0.1, 0.15) is 23.9 Å². The van der Waals surface area contributed by atoms with Crippen LogP contribution in [0.25, 0.3) is 0 Å². The standard InChI is InChI=1S/C18H20FNO5/c1-18(2,10-9-16(21)22)20-17(23)15-8-7-14(25-15)11-24-13-5-3-12(19)4-6-13/h3-8H,9-11H2,1-2H3,(H,20,23)(H,21,22). The Morgan fingerprint density at radius 2 is 1.88 bits per heavy atom. The van der Waals surface area contributed by atoms with Gasteiger partial charge in [-0.1, -0.05) is 0 Å². The lowest BCUT2D eigenvalue weighted by Crippen LogP contribution is -2.43. The van der Waals surface area contributed by atoms with Crippen LogP contribution < -0.4 is 10.1 Å². The molecule has 1 aromatic carbocycles. The van der Waals surface area contributed by atoms with Crippen molar-refractivity contribution in [3.05, 3.63) is 53.7 Å². The Balaban J connectivity index is 1.90. The summed E-state index contributed by atoms with van der Waals surface area (Å²) in [5.74, 6) is -0.656. The van der Waals surface area contributed by atoms with Crippen LogP contribution in [0, 0.1) is 5.82 Å². The maximum absolute atomic E-state index is 12.8. The Labute approximate surface area is 144 Å². The summed E-state index contributed by atoms with van der Waals surface area (Å²) >= 11 is 0. The average Bonchev–Trinajstić information content (AvgIpc) is 3.01. The Morgan fingerprint density at radius 3 is 2.52 bits per heavy atom. The Morgan fingerprint density at radius 1 is 1.20 bits per heavy atom. The molecule has 0 atom stereocenters. The highest BCUT2D eigenvalue weighted by molar-refractivity contribution is 5.92. The number of carbonyl (C=O) groups is 2. The van der Waals surface area contributed by atoms with Crippen molar-refractivity contribution in [1.29, 1.82) is 0 Å². The second-order valence-electron chi connectivity index (χ2n) is 6.24. The molecule has 134 valence electrons. The molecule has 0 aliphatic heterocycles. The average molecular weight is 349 g/mol. The van der Waals surface area contributed by atoms with Gasteiger partial charge in [-0.2, -0.15) is 0 Å². The topological polar surface area (TPSA) is 88.8 Å². The van der Waals surface area contributed by atoms with Crippen molar-refractivity contribution >= 4 is 11.9 Å². The fourth-order valence-corrected chi connectivity index (χ4v) is 2.11. The van der Waals surface area contributed by atoms with E-state index in [1.54, 1.807) is 19.9 Å². The fourth-order valence-electron chi connectivity index (χ4n) is 2.11. The van der Waals surface area contributed by atoms with Crippen LogP contribution in [-0.4, -0.2) is 22.5 Å². The fraction of sp³-hybridized carbons (Fsp3) is 0.333. The molecule has 6 nitrogen and oxygen atoms in total. The number of ether oxygens (including phenoxy) is 1. The summed E-state index contributed by atoms with van der Waals surface area (Å²) in [7, 11) is 0. The predicted molar refractivity (Wildman–Crippen MR) is 87.9 cm³/mol. The van der Waals surface area contributed by atoms with E-state index >= 15 is 0 Å². The van der Waals surface area contributed by atoms with E-state index in [9.17, 15) is 14.0 Å². The SMILES string of the molecule is CC(C)(CCC(=O)O)NC(=O)c1ccc(COc2ccc(F)cc2)o1. The van der Waals surface area contributed by atoms with Crippen molar-refractivity contribution in [1.82, 2.24) is 5.32 Å². The van der Waals surface area contributed by atoms with Gasteiger partial charge in [-0.05, 0) is 56.7 Å². The summed E-state index contributed by atoms with van der Waals surface area (Å²) in [5.41, 5.74) is -0.674. The summed E-state index contributed by atoms with van der Waals surface area (Å²) in [6.07, 6.45) is 0.261. The van der Waals surface area contributed by atoms with Crippen LogP contribution in [0.5, 0.6) is 5.75 Å². The molecule has 0 aliphatic rings. The van der Waals surface area contributed by atoms with Crippen LogP contribution in [-0.2, 0) is 11.4 Å². The lowest BCUT2D eigenvalue weighted by atomic mass is 9.98. The second-order valence-corrected chi connectivity index (χ2v) is 6.24. The number of carboxylic acid groups (broad SMARTS) is 1. The number of hydrogen-bond acceptors (Lipinski definition) is 4. The van der Waals surface area contributed by atoms with Crippen LogP contribution in [0.1, 0.15) is 43.0 Å². The molecular formula is C18H20FNO5. The molecular weight excluding hydrogens is 329 g/mol. The molecule has 2 rings (SSSR count). The third-order valence-corrected chi connectivity index (χ3v) is 3.50. The quantitative estimate of drug-likeness (QED) is 0.763. The first-order valence-electron chi connectivity index (χ1n) is 7.76. The molecule has 0 fully saturated rings. The molecule has 0 spiro atoms. The molecule has 1 heterocycles. The summed E-state index contributed by atoms with van der Waals surface area (Å²) in [6.45, 7) is 3.59. The maximum Gasteiger partial charge on any atom is 0.303 e.